The van der Waals surface area contributed by atoms with Gasteiger partial charge in [-0.1, -0.05) is 55.4 Å². The average Bonchev–Trinajstić information content (AvgIpc) is 2.24. The largest absolute Gasteiger partial charge is 0.407 e. The molecule has 0 aliphatic rings. The number of rotatable bonds is 7. The summed E-state index contributed by atoms with van der Waals surface area (Å²) in [6, 6.07) is 0. The van der Waals surface area contributed by atoms with Crippen LogP contribution in [0.5, 0.6) is 0 Å². The molecule has 3 heteroatoms. The van der Waals surface area contributed by atoms with Crippen LogP contribution >= 0.6 is 9.24 Å². The van der Waals surface area contributed by atoms with Crippen molar-refractivity contribution in [3.05, 3.63) is 0 Å². The van der Waals surface area contributed by atoms with Crippen molar-refractivity contribution in [3.63, 3.8) is 0 Å². The van der Waals surface area contributed by atoms with Gasteiger partial charge in [0.1, 0.15) is 0 Å². The fourth-order valence-electron chi connectivity index (χ4n) is 3.10. The summed E-state index contributed by atoms with van der Waals surface area (Å²) in [6.07, 6.45) is 2.16. The summed E-state index contributed by atoms with van der Waals surface area (Å²) < 4.78 is 6.81. The standard InChI is InChI=1S/C14H33OPSi/c1-9-14(16,10-2)15-17(11(3)4,12(5)6)13(7)8/h11-13H,9-10,16H2,1-8H3. The van der Waals surface area contributed by atoms with E-state index in [1.165, 1.54) is 0 Å². The van der Waals surface area contributed by atoms with Crippen LogP contribution in [0.3, 0.4) is 0 Å². The first-order valence-electron chi connectivity index (χ1n) is 7.15. The van der Waals surface area contributed by atoms with Gasteiger partial charge in [0.25, 0.3) is 0 Å². The molecule has 0 N–H and O–H groups in total. The Labute approximate surface area is 112 Å². The van der Waals surface area contributed by atoms with E-state index in [2.05, 4.69) is 64.6 Å². The Kier molecular flexibility index (Phi) is 6.92. The van der Waals surface area contributed by atoms with Crippen molar-refractivity contribution in [2.75, 3.05) is 0 Å². The summed E-state index contributed by atoms with van der Waals surface area (Å²) in [4.78, 5) is 0. The van der Waals surface area contributed by atoms with Crippen LogP contribution < -0.4 is 0 Å². The van der Waals surface area contributed by atoms with Crippen LogP contribution in [0.4, 0.5) is 0 Å². The molecule has 0 amide bonds. The maximum absolute atomic E-state index is 6.81. The smallest absolute Gasteiger partial charge is 0.201 e. The SMILES string of the molecule is CCC(P)(CC)O[Si](C(C)C)(C(C)C)C(C)C. The minimum Gasteiger partial charge on any atom is -0.407 e. The van der Waals surface area contributed by atoms with E-state index in [4.69, 9.17) is 4.43 Å². The Hall–Kier alpha value is 0.607. The third-order valence-electron chi connectivity index (χ3n) is 4.28. The van der Waals surface area contributed by atoms with Crippen molar-refractivity contribution in [3.8, 4) is 0 Å². The molecule has 0 bridgehead atoms. The molecule has 0 aromatic rings. The molecule has 0 aliphatic carbocycles. The lowest BCUT2D eigenvalue weighted by Crippen LogP contribution is -2.52. The van der Waals surface area contributed by atoms with Crippen LogP contribution in [0.25, 0.3) is 0 Å². The lowest BCUT2D eigenvalue weighted by Gasteiger charge is -2.48. The summed E-state index contributed by atoms with van der Waals surface area (Å²) in [6.45, 7) is 18.6. The van der Waals surface area contributed by atoms with E-state index < -0.39 is 8.32 Å². The molecule has 1 atom stereocenters. The highest BCUT2D eigenvalue weighted by Crippen LogP contribution is 2.47. The minimum absolute atomic E-state index is 0.00890. The van der Waals surface area contributed by atoms with Crippen molar-refractivity contribution in [2.45, 2.75) is 90.2 Å². The predicted octanol–water partition coefficient (Wildman–Crippen LogP) is 5.57. The molecular formula is C14H33OPSi. The Morgan fingerprint density at radius 3 is 1.35 bits per heavy atom. The van der Waals surface area contributed by atoms with Crippen LogP contribution in [0.1, 0.15) is 68.2 Å². The molecule has 17 heavy (non-hydrogen) atoms. The minimum atomic E-state index is -1.73. The summed E-state index contributed by atoms with van der Waals surface area (Å²) >= 11 is 0. The van der Waals surface area contributed by atoms with Gasteiger partial charge in [0.05, 0.1) is 5.34 Å². The Bertz CT molecular complexity index is 200. The second kappa shape index (κ2) is 6.68. The van der Waals surface area contributed by atoms with Crippen molar-refractivity contribution in [1.29, 1.82) is 0 Å². The van der Waals surface area contributed by atoms with Gasteiger partial charge in [-0.15, -0.1) is 9.24 Å². The molecule has 0 rings (SSSR count). The van der Waals surface area contributed by atoms with Crippen LogP contribution in [0.2, 0.25) is 16.6 Å². The summed E-state index contributed by atoms with van der Waals surface area (Å²) in [5.74, 6) is 0. The molecule has 1 unspecified atom stereocenters. The van der Waals surface area contributed by atoms with Crippen molar-refractivity contribution in [1.82, 2.24) is 0 Å². The lowest BCUT2D eigenvalue weighted by molar-refractivity contribution is 0.130. The second-order valence-electron chi connectivity index (χ2n) is 6.19. The molecule has 0 aromatic heterocycles. The molecule has 0 aliphatic heterocycles. The third-order valence-corrected chi connectivity index (χ3v) is 11.6. The van der Waals surface area contributed by atoms with Crippen LogP contribution in [-0.4, -0.2) is 13.7 Å². The molecule has 0 heterocycles. The summed E-state index contributed by atoms with van der Waals surface area (Å²) in [5, 5.41) is -0.00890. The molecule has 0 fully saturated rings. The summed E-state index contributed by atoms with van der Waals surface area (Å²) in [5.41, 5.74) is 2.00. The monoisotopic (exact) mass is 276 g/mol. The van der Waals surface area contributed by atoms with Gasteiger partial charge in [-0.25, -0.2) is 0 Å². The highest BCUT2D eigenvalue weighted by molar-refractivity contribution is 7.18. The maximum Gasteiger partial charge on any atom is 0.201 e. The van der Waals surface area contributed by atoms with Crippen LogP contribution in [-0.2, 0) is 4.43 Å². The first-order valence-corrected chi connectivity index (χ1v) is 9.87. The van der Waals surface area contributed by atoms with Gasteiger partial charge in [-0.2, -0.15) is 0 Å². The number of hydrogen-bond acceptors (Lipinski definition) is 1. The van der Waals surface area contributed by atoms with Gasteiger partial charge >= 0.3 is 0 Å². The van der Waals surface area contributed by atoms with E-state index in [0.717, 1.165) is 12.8 Å². The van der Waals surface area contributed by atoms with Crippen molar-refractivity contribution in [2.24, 2.45) is 0 Å². The van der Waals surface area contributed by atoms with E-state index in [1.807, 2.05) is 0 Å². The molecule has 0 saturated heterocycles. The van der Waals surface area contributed by atoms with Gasteiger partial charge in [-0.3, -0.25) is 0 Å². The highest BCUT2D eigenvalue weighted by atomic mass is 31.0. The van der Waals surface area contributed by atoms with Gasteiger partial charge in [0.2, 0.25) is 8.32 Å². The first-order chi connectivity index (χ1) is 7.66. The maximum atomic E-state index is 6.81. The van der Waals surface area contributed by atoms with Crippen molar-refractivity contribution >= 4 is 17.6 Å². The van der Waals surface area contributed by atoms with Crippen molar-refractivity contribution < 1.29 is 4.43 Å². The molecule has 0 radical (unpaired) electrons. The third kappa shape index (κ3) is 3.78. The fourth-order valence-corrected chi connectivity index (χ4v) is 9.41. The second-order valence-corrected chi connectivity index (χ2v) is 12.6. The van der Waals surface area contributed by atoms with Gasteiger partial charge in [0, 0.05) is 0 Å². The van der Waals surface area contributed by atoms with E-state index in [-0.39, 0.29) is 5.34 Å². The zero-order chi connectivity index (χ0) is 13.9. The topological polar surface area (TPSA) is 9.23 Å². The lowest BCUT2D eigenvalue weighted by atomic mass is 10.2. The molecule has 0 aromatic carbocycles. The molecular weight excluding hydrogens is 243 g/mol. The first kappa shape index (κ1) is 17.6. The van der Waals surface area contributed by atoms with Crippen LogP contribution in [0, 0.1) is 0 Å². The van der Waals surface area contributed by atoms with E-state index >= 15 is 0 Å². The molecule has 104 valence electrons. The van der Waals surface area contributed by atoms with Gasteiger partial charge < -0.3 is 4.43 Å². The van der Waals surface area contributed by atoms with E-state index in [0.29, 0.717) is 16.6 Å². The zero-order valence-electron chi connectivity index (χ0n) is 13.1. The van der Waals surface area contributed by atoms with E-state index in [1.54, 1.807) is 0 Å². The Morgan fingerprint density at radius 2 is 1.18 bits per heavy atom. The summed E-state index contributed by atoms with van der Waals surface area (Å²) in [7, 11) is 1.25. The van der Waals surface area contributed by atoms with Gasteiger partial charge in [0.15, 0.2) is 0 Å². The predicted molar refractivity (Wildman–Crippen MR) is 85.2 cm³/mol. The molecule has 0 saturated carbocycles. The quantitative estimate of drug-likeness (QED) is 0.436. The Morgan fingerprint density at radius 1 is 0.882 bits per heavy atom. The van der Waals surface area contributed by atoms with Gasteiger partial charge in [-0.05, 0) is 29.5 Å². The average molecular weight is 276 g/mol. The Balaban J connectivity index is 5.32. The van der Waals surface area contributed by atoms with Crippen LogP contribution in [0.15, 0.2) is 0 Å². The highest BCUT2D eigenvalue weighted by Gasteiger charge is 2.48. The normalized spacial score (nSPS) is 14.1. The zero-order valence-corrected chi connectivity index (χ0v) is 15.3. The molecule has 1 nitrogen and oxygen atoms in total. The van der Waals surface area contributed by atoms with E-state index in [9.17, 15) is 0 Å². The molecule has 0 spiro atoms. The fraction of sp³-hybridized carbons (Fsp3) is 1.00. The number of hydrogen-bond donors (Lipinski definition) is 0.